The van der Waals surface area contributed by atoms with Gasteiger partial charge in [0.1, 0.15) is 15.8 Å². The molecule has 0 atom stereocenters. The van der Waals surface area contributed by atoms with Gasteiger partial charge in [0.05, 0.1) is 10.5 Å². The molecule has 0 radical (unpaired) electrons. The largest absolute Gasteiger partial charge is 0.369 e. The van der Waals surface area contributed by atoms with Gasteiger partial charge in [-0.25, -0.2) is 4.98 Å². The molecule has 2 amide bonds. The van der Waals surface area contributed by atoms with Crippen molar-refractivity contribution >= 4 is 57.7 Å². The van der Waals surface area contributed by atoms with Crippen LogP contribution in [0.5, 0.6) is 0 Å². The minimum absolute atomic E-state index is 0.177. The van der Waals surface area contributed by atoms with Gasteiger partial charge in [0.15, 0.2) is 0 Å². The number of nitrogens with two attached hydrogens (primary N) is 1. The molecule has 2 N–H and O–H groups in total. The van der Waals surface area contributed by atoms with Crippen LogP contribution in [0.4, 0.5) is 5.82 Å². The predicted molar refractivity (Wildman–Crippen MR) is 130 cm³/mol. The molecule has 2 aliphatic heterocycles. The first-order valence-electron chi connectivity index (χ1n) is 10.6. The number of amides is 2. The third kappa shape index (κ3) is 4.29. The lowest BCUT2D eigenvalue weighted by molar-refractivity contribution is -0.123. The number of hydrogen-bond acceptors (Lipinski definition) is 7. The molecule has 4 heterocycles. The number of carbonyl (C=O) groups excluding carboxylic acids is 2. The molecule has 0 aromatic carbocycles. The van der Waals surface area contributed by atoms with Crippen molar-refractivity contribution in [2.24, 2.45) is 17.6 Å². The highest BCUT2D eigenvalue weighted by Gasteiger charge is 2.33. The van der Waals surface area contributed by atoms with Crippen LogP contribution in [-0.2, 0) is 9.59 Å². The third-order valence-corrected chi connectivity index (χ3v) is 7.02. The highest BCUT2D eigenvalue weighted by molar-refractivity contribution is 8.26. The van der Waals surface area contributed by atoms with Gasteiger partial charge >= 0.3 is 0 Å². The second kappa shape index (κ2) is 9.03. The molecule has 8 nitrogen and oxygen atoms in total. The van der Waals surface area contributed by atoms with E-state index < -0.39 is 0 Å². The van der Waals surface area contributed by atoms with Gasteiger partial charge in [0.2, 0.25) is 5.91 Å². The number of thiocarbonyl (C=S) groups is 1. The summed E-state index contributed by atoms with van der Waals surface area (Å²) in [6, 6.07) is 5.36. The van der Waals surface area contributed by atoms with Gasteiger partial charge in [-0.1, -0.05) is 43.9 Å². The minimum atomic E-state index is -0.301. The van der Waals surface area contributed by atoms with Crippen molar-refractivity contribution in [3.8, 4) is 0 Å². The predicted octanol–water partition coefficient (Wildman–Crippen LogP) is 2.25. The van der Waals surface area contributed by atoms with Crippen LogP contribution in [0.15, 0.2) is 34.1 Å². The number of pyridine rings is 1. The smallest absolute Gasteiger partial charge is 0.267 e. The molecular weight excluding hydrogens is 446 g/mol. The number of aromatic nitrogens is 2. The molecule has 2 aromatic rings. The number of anilines is 1. The summed E-state index contributed by atoms with van der Waals surface area (Å²) < 4.78 is 1.97. The Morgan fingerprint density at radius 3 is 2.69 bits per heavy atom. The molecule has 32 heavy (non-hydrogen) atoms. The first-order chi connectivity index (χ1) is 15.3. The zero-order valence-electron chi connectivity index (χ0n) is 18.0. The normalized spacial score (nSPS) is 19.0. The van der Waals surface area contributed by atoms with Crippen LogP contribution >= 0.6 is 24.0 Å². The van der Waals surface area contributed by atoms with Crippen LogP contribution in [0.1, 0.15) is 32.3 Å². The van der Waals surface area contributed by atoms with Crippen molar-refractivity contribution < 1.29 is 9.59 Å². The summed E-state index contributed by atoms with van der Waals surface area (Å²) in [5.41, 5.74) is 6.08. The molecule has 4 rings (SSSR count). The standard InChI is InChI=1S/C22H25N5O3S2/c1-13(2)12-27-21(30)16(32-22(27)31)11-15-19(25-9-6-14(7-10-25)18(23)28)24-17-5-3-4-8-26(17)20(15)29/h3-5,8,11,13-14H,6-7,9-10,12H2,1-2H3,(H2,23,28). The van der Waals surface area contributed by atoms with Crippen LogP contribution in [0.3, 0.4) is 0 Å². The third-order valence-electron chi connectivity index (χ3n) is 5.64. The lowest BCUT2D eigenvalue weighted by Gasteiger charge is -2.32. The van der Waals surface area contributed by atoms with Crippen LogP contribution in [0.2, 0.25) is 0 Å². The van der Waals surface area contributed by atoms with Gasteiger partial charge in [-0.3, -0.25) is 23.7 Å². The molecule has 0 bridgehead atoms. The number of primary amides is 1. The van der Waals surface area contributed by atoms with Crippen LogP contribution in [-0.4, -0.2) is 50.1 Å². The van der Waals surface area contributed by atoms with E-state index in [1.807, 2.05) is 24.8 Å². The van der Waals surface area contributed by atoms with Crippen molar-refractivity contribution in [1.82, 2.24) is 14.3 Å². The molecule has 168 valence electrons. The lowest BCUT2D eigenvalue weighted by atomic mass is 9.96. The zero-order valence-corrected chi connectivity index (χ0v) is 19.6. The number of carbonyl (C=O) groups is 2. The number of fused-ring (bicyclic) bond motifs is 1. The first kappa shape index (κ1) is 22.5. The van der Waals surface area contributed by atoms with Crippen LogP contribution < -0.4 is 16.2 Å². The Hall–Kier alpha value is -2.72. The van der Waals surface area contributed by atoms with E-state index in [1.54, 1.807) is 29.3 Å². The molecule has 2 saturated heterocycles. The van der Waals surface area contributed by atoms with E-state index in [9.17, 15) is 14.4 Å². The number of piperidine rings is 1. The Kier molecular flexibility index (Phi) is 6.34. The summed E-state index contributed by atoms with van der Waals surface area (Å²) in [7, 11) is 0. The van der Waals surface area contributed by atoms with Gasteiger partial charge in [0.25, 0.3) is 11.5 Å². The second-order valence-electron chi connectivity index (χ2n) is 8.43. The number of hydrogen-bond donors (Lipinski definition) is 1. The average molecular weight is 472 g/mol. The van der Waals surface area contributed by atoms with Gasteiger partial charge in [0, 0.05) is 31.7 Å². The van der Waals surface area contributed by atoms with E-state index in [-0.39, 0.29) is 29.2 Å². The molecule has 2 aromatic heterocycles. The monoisotopic (exact) mass is 471 g/mol. The Morgan fingerprint density at radius 2 is 2.03 bits per heavy atom. The minimum Gasteiger partial charge on any atom is -0.369 e. The first-order valence-corrected chi connectivity index (χ1v) is 11.8. The molecule has 0 saturated carbocycles. The summed E-state index contributed by atoms with van der Waals surface area (Å²) in [5, 5.41) is 0. The summed E-state index contributed by atoms with van der Waals surface area (Å²) >= 11 is 6.61. The van der Waals surface area contributed by atoms with Gasteiger partial charge in [-0.2, -0.15) is 0 Å². The average Bonchev–Trinajstić information content (AvgIpc) is 3.02. The molecule has 0 unspecified atom stereocenters. The van der Waals surface area contributed by atoms with E-state index in [0.29, 0.717) is 58.7 Å². The fourth-order valence-electron chi connectivity index (χ4n) is 3.99. The van der Waals surface area contributed by atoms with Gasteiger partial charge < -0.3 is 10.6 Å². The fraction of sp³-hybridized carbons (Fsp3) is 0.409. The van der Waals surface area contributed by atoms with E-state index in [1.165, 1.54) is 16.2 Å². The maximum Gasteiger partial charge on any atom is 0.267 e. The molecule has 0 aliphatic carbocycles. The molecule has 10 heteroatoms. The highest BCUT2D eigenvalue weighted by Crippen LogP contribution is 2.34. The van der Waals surface area contributed by atoms with Gasteiger partial charge in [-0.05, 0) is 37.0 Å². The summed E-state index contributed by atoms with van der Waals surface area (Å²) in [6.07, 6.45) is 4.47. The van der Waals surface area contributed by atoms with E-state index >= 15 is 0 Å². The SMILES string of the molecule is CC(C)CN1C(=O)C(=Cc2c(N3CCC(C(N)=O)CC3)nc3ccccn3c2=O)SC1=S. The number of rotatable bonds is 5. The van der Waals surface area contributed by atoms with Crippen molar-refractivity contribution in [2.75, 3.05) is 24.5 Å². The van der Waals surface area contributed by atoms with Crippen LogP contribution in [0.25, 0.3) is 11.7 Å². The topological polar surface area (TPSA) is 101 Å². The second-order valence-corrected chi connectivity index (χ2v) is 10.1. The van der Waals surface area contributed by atoms with Crippen molar-refractivity contribution in [3.05, 3.63) is 45.2 Å². The Morgan fingerprint density at radius 1 is 1.31 bits per heavy atom. The Labute approximate surface area is 195 Å². The lowest BCUT2D eigenvalue weighted by Crippen LogP contribution is -2.40. The quantitative estimate of drug-likeness (QED) is 0.527. The fourth-order valence-corrected chi connectivity index (χ4v) is 5.24. The molecule has 2 aliphatic rings. The molecule has 2 fully saturated rings. The summed E-state index contributed by atoms with van der Waals surface area (Å²) in [5.74, 6) is 0.114. The highest BCUT2D eigenvalue weighted by atomic mass is 32.2. The van der Waals surface area contributed by atoms with E-state index in [2.05, 4.69) is 0 Å². The van der Waals surface area contributed by atoms with Crippen LogP contribution in [0, 0.1) is 11.8 Å². The van der Waals surface area contributed by atoms with Gasteiger partial charge in [-0.15, -0.1) is 0 Å². The van der Waals surface area contributed by atoms with E-state index in [0.717, 1.165) is 0 Å². The van der Waals surface area contributed by atoms with Crippen molar-refractivity contribution in [1.29, 1.82) is 0 Å². The number of nitrogens with zero attached hydrogens (tertiary/aromatic N) is 4. The summed E-state index contributed by atoms with van der Waals surface area (Å²) in [4.78, 5) is 46.7. The molecular formula is C22H25N5O3S2. The maximum atomic E-state index is 13.4. The summed E-state index contributed by atoms with van der Waals surface area (Å²) in [6.45, 7) is 5.69. The molecule has 0 spiro atoms. The number of thioether (sulfide) groups is 1. The zero-order chi connectivity index (χ0) is 23.0. The van der Waals surface area contributed by atoms with E-state index in [4.69, 9.17) is 22.9 Å². The van der Waals surface area contributed by atoms with Crippen molar-refractivity contribution in [2.45, 2.75) is 26.7 Å². The maximum absolute atomic E-state index is 13.4. The Bertz CT molecular complexity index is 1180. The Balaban J connectivity index is 1.78. The van der Waals surface area contributed by atoms with Crippen molar-refractivity contribution in [3.63, 3.8) is 0 Å².